The highest BCUT2D eigenvalue weighted by molar-refractivity contribution is 5.90. The third-order valence-electron chi connectivity index (χ3n) is 6.91. The lowest BCUT2D eigenvalue weighted by atomic mass is 9.85. The van der Waals surface area contributed by atoms with Gasteiger partial charge >= 0.3 is 6.09 Å². The number of hydrogen-bond acceptors (Lipinski definition) is 5. The number of rotatable bonds is 10. The molecule has 2 N–H and O–H groups in total. The van der Waals surface area contributed by atoms with E-state index in [0.29, 0.717) is 19.6 Å². The van der Waals surface area contributed by atoms with Gasteiger partial charge in [-0.05, 0) is 49.6 Å². The van der Waals surface area contributed by atoms with Gasteiger partial charge in [-0.1, -0.05) is 71.9 Å². The van der Waals surface area contributed by atoms with Gasteiger partial charge in [0.05, 0.1) is 6.04 Å². The van der Waals surface area contributed by atoms with Gasteiger partial charge < -0.3 is 25.2 Å². The summed E-state index contributed by atoms with van der Waals surface area (Å²) in [7, 11) is 1.72. The predicted molar refractivity (Wildman–Crippen MR) is 147 cm³/mol. The summed E-state index contributed by atoms with van der Waals surface area (Å²) < 4.78 is 5.67. The molecule has 1 aliphatic rings. The quantitative estimate of drug-likeness (QED) is 0.487. The van der Waals surface area contributed by atoms with Crippen LogP contribution < -0.4 is 10.6 Å². The Morgan fingerprint density at radius 2 is 1.76 bits per heavy atom. The predicted octanol–water partition coefficient (Wildman–Crippen LogP) is 4.19. The first kappa shape index (κ1) is 30.6. The molecule has 3 amide bonds. The van der Waals surface area contributed by atoms with Crippen molar-refractivity contribution in [1.82, 2.24) is 20.4 Å². The highest BCUT2D eigenvalue weighted by atomic mass is 16.6. The smallest absolute Gasteiger partial charge is 0.410 e. The van der Waals surface area contributed by atoms with Crippen molar-refractivity contribution in [2.75, 3.05) is 26.7 Å². The van der Waals surface area contributed by atoms with Crippen molar-refractivity contribution in [2.45, 2.75) is 92.5 Å². The van der Waals surface area contributed by atoms with Gasteiger partial charge in [0, 0.05) is 25.7 Å². The van der Waals surface area contributed by atoms with E-state index in [4.69, 9.17) is 4.74 Å². The van der Waals surface area contributed by atoms with Gasteiger partial charge in [0.15, 0.2) is 0 Å². The summed E-state index contributed by atoms with van der Waals surface area (Å²) in [6.07, 6.45) is 2.12. The minimum atomic E-state index is -0.663. The van der Waals surface area contributed by atoms with Crippen LogP contribution in [0.4, 0.5) is 4.79 Å². The van der Waals surface area contributed by atoms with Crippen molar-refractivity contribution in [2.24, 2.45) is 10.8 Å². The molecule has 1 aromatic carbocycles. The van der Waals surface area contributed by atoms with E-state index in [9.17, 15) is 14.4 Å². The number of nitrogens with one attached hydrogen (secondary N) is 2. The van der Waals surface area contributed by atoms with Crippen LogP contribution in [0.15, 0.2) is 30.3 Å². The van der Waals surface area contributed by atoms with Gasteiger partial charge in [-0.15, -0.1) is 0 Å². The monoisotopic (exact) mass is 516 g/mol. The number of benzene rings is 1. The van der Waals surface area contributed by atoms with Gasteiger partial charge in [-0.25, -0.2) is 4.79 Å². The Morgan fingerprint density at radius 3 is 2.32 bits per heavy atom. The first-order valence-corrected chi connectivity index (χ1v) is 13.5. The van der Waals surface area contributed by atoms with Crippen LogP contribution in [0.25, 0.3) is 0 Å². The fraction of sp³-hybridized carbons (Fsp3) is 0.690. The van der Waals surface area contributed by atoms with Crippen molar-refractivity contribution < 1.29 is 19.1 Å². The molecule has 0 aromatic heterocycles. The fourth-order valence-corrected chi connectivity index (χ4v) is 4.32. The third kappa shape index (κ3) is 9.65. The number of likely N-dealkylation sites (N-methyl/N-ethyl adjacent to an activating group) is 1. The summed E-state index contributed by atoms with van der Waals surface area (Å²) in [5.74, 6) is -0.303. The fourth-order valence-electron chi connectivity index (χ4n) is 4.32. The number of likely N-dealkylation sites (tertiary alicyclic amines) is 1. The maximum Gasteiger partial charge on any atom is 0.410 e. The molecular formula is C29H48N4O4. The number of carbonyl (C=O) groups is 3. The lowest BCUT2D eigenvalue weighted by molar-refractivity contribution is -0.140. The normalized spacial score (nSPS) is 17.7. The van der Waals surface area contributed by atoms with E-state index in [1.165, 1.54) is 0 Å². The Morgan fingerprint density at radius 1 is 1.11 bits per heavy atom. The lowest BCUT2D eigenvalue weighted by Gasteiger charge is -2.37. The second-order valence-electron chi connectivity index (χ2n) is 12.4. The SMILES string of the molecule is CN[C@@H](C)C(=O)N[C@H](C(=O)N1CCC[C@H]1CN(CCC(C)(C)C)C(=O)OCc1ccccc1)C(C)(C)C. The van der Waals surface area contributed by atoms with Crippen molar-refractivity contribution in [3.63, 3.8) is 0 Å². The maximum atomic E-state index is 13.8. The van der Waals surface area contributed by atoms with Gasteiger partial charge in [-0.3, -0.25) is 9.59 Å². The molecule has 1 aromatic rings. The summed E-state index contributed by atoms with van der Waals surface area (Å²) in [4.78, 5) is 43.2. The van der Waals surface area contributed by atoms with Crippen molar-refractivity contribution in [3.05, 3.63) is 35.9 Å². The van der Waals surface area contributed by atoms with E-state index in [1.54, 1.807) is 18.9 Å². The van der Waals surface area contributed by atoms with Crippen LogP contribution in [0.1, 0.15) is 73.3 Å². The topological polar surface area (TPSA) is 91.0 Å². The zero-order valence-electron chi connectivity index (χ0n) is 24.1. The standard InChI is InChI=1S/C29H48N4O4/c1-21(30-8)25(34)31-24(29(5,6)7)26(35)33-17-12-15-23(33)19-32(18-16-28(2,3)4)27(36)37-20-22-13-10-9-11-14-22/h9-11,13-14,21,23-24,30H,12,15-20H2,1-8H3,(H,31,34)/t21-,23-,24+/m0/s1. The Bertz CT molecular complexity index is 891. The van der Waals surface area contributed by atoms with E-state index < -0.39 is 17.5 Å². The van der Waals surface area contributed by atoms with Crippen LogP contribution in [0.2, 0.25) is 0 Å². The Kier molecular flexibility index (Phi) is 11.0. The molecule has 1 aliphatic heterocycles. The van der Waals surface area contributed by atoms with E-state index in [2.05, 4.69) is 31.4 Å². The molecule has 8 nitrogen and oxygen atoms in total. The molecule has 1 heterocycles. The molecule has 0 unspecified atom stereocenters. The van der Waals surface area contributed by atoms with Crippen LogP contribution in [0.5, 0.6) is 0 Å². The molecule has 0 radical (unpaired) electrons. The molecule has 2 rings (SSSR count). The van der Waals surface area contributed by atoms with Crippen LogP contribution in [0.3, 0.4) is 0 Å². The summed E-state index contributed by atoms with van der Waals surface area (Å²) in [6.45, 7) is 15.9. The summed E-state index contributed by atoms with van der Waals surface area (Å²) in [6, 6.07) is 8.44. The van der Waals surface area contributed by atoms with Crippen LogP contribution in [0, 0.1) is 10.8 Å². The van der Waals surface area contributed by atoms with Gasteiger partial charge in [0.1, 0.15) is 12.6 Å². The second-order valence-corrected chi connectivity index (χ2v) is 12.4. The first-order chi connectivity index (χ1) is 17.2. The molecule has 208 valence electrons. The number of nitrogens with zero attached hydrogens (tertiary/aromatic N) is 2. The Hall–Kier alpha value is -2.61. The van der Waals surface area contributed by atoms with E-state index in [-0.39, 0.29) is 36.0 Å². The number of ether oxygens (including phenoxy) is 1. The van der Waals surface area contributed by atoms with E-state index >= 15 is 0 Å². The lowest BCUT2D eigenvalue weighted by Crippen LogP contribution is -2.59. The van der Waals surface area contributed by atoms with Crippen molar-refractivity contribution >= 4 is 17.9 Å². The largest absolute Gasteiger partial charge is 0.445 e. The molecule has 37 heavy (non-hydrogen) atoms. The molecule has 3 atom stereocenters. The molecule has 0 saturated carbocycles. The average Bonchev–Trinajstić information content (AvgIpc) is 3.30. The summed E-state index contributed by atoms with van der Waals surface area (Å²) in [5, 5.41) is 5.90. The van der Waals surface area contributed by atoms with E-state index in [0.717, 1.165) is 24.8 Å². The molecule has 0 spiro atoms. The van der Waals surface area contributed by atoms with Gasteiger partial charge in [0.25, 0.3) is 0 Å². The number of amides is 3. The first-order valence-electron chi connectivity index (χ1n) is 13.5. The summed E-state index contributed by atoms with van der Waals surface area (Å²) in [5.41, 5.74) is 0.520. The van der Waals surface area contributed by atoms with Crippen LogP contribution >= 0.6 is 0 Å². The summed E-state index contributed by atoms with van der Waals surface area (Å²) >= 11 is 0. The van der Waals surface area contributed by atoms with Crippen LogP contribution in [-0.2, 0) is 20.9 Å². The zero-order chi connectivity index (χ0) is 27.8. The minimum Gasteiger partial charge on any atom is -0.445 e. The van der Waals surface area contributed by atoms with Gasteiger partial charge in [-0.2, -0.15) is 0 Å². The molecule has 0 aliphatic carbocycles. The zero-order valence-corrected chi connectivity index (χ0v) is 24.1. The molecule has 1 saturated heterocycles. The van der Waals surface area contributed by atoms with Crippen LogP contribution in [-0.4, -0.2) is 72.5 Å². The highest BCUT2D eigenvalue weighted by Gasteiger charge is 2.41. The van der Waals surface area contributed by atoms with Crippen molar-refractivity contribution in [1.29, 1.82) is 0 Å². The Balaban J connectivity index is 2.17. The van der Waals surface area contributed by atoms with Gasteiger partial charge in [0.2, 0.25) is 11.8 Å². The highest BCUT2D eigenvalue weighted by Crippen LogP contribution is 2.27. The number of hydrogen-bond donors (Lipinski definition) is 2. The average molecular weight is 517 g/mol. The minimum absolute atomic E-state index is 0.0504. The number of carbonyl (C=O) groups excluding carboxylic acids is 3. The molecule has 8 heteroatoms. The maximum absolute atomic E-state index is 13.8. The molecule has 0 bridgehead atoms. The third-order valence-corrected chi connectivity index (χ3v) is 6.91. The molecular weight excluding hydrogens is 468 g/mol. The van der Waals surface area contributed by atoms with Crippen molar-refractivity contribution in [3.8, 4) is 0 Å². The van der Waals surface area contributed by atoms with E-state index in [1.807, 2.05) is 56.0 Å². The molecule has 1 fully saturated rings. The Labute approximate surface area is 223 Å². The second kappa shape index (κ2) is 13.3.